The van der Waals surface area contributed by atoms with Gasteiger partial charge in [-0.15, -0.1) is 11.3 Å². The minimum atomic E-state index is 0.142. The van der Waals surface area contributed by atoms with Crippen molar-refractivity contribution in [2.45, 2.75) is 13.3 Å². The molecular formula is C12H11NOS. The Morgan fingerprint density at radius 2 is 2.20 bits per heavy atom. The lowest BCUT2D eigenvalue weighted by Gasteiger charge is -1.99. The van der Waals surface area contributed by atoms with Gasteiger partial charge in [0, 0.05) is 11.4 Å². The molecule has 0 amide bonds. The van der Waals surface area contributed by atoms with E-state index in [4.69, 9.17) is 0 Å². The van der Waals surface area contributed by atoms with Crippen LogP contribution in [0.4, 0.5) is 0 Å². The van der Waals surface area contributed by atoms with E-state index in [9.17, 15) is 4.79 Å². The van der Waals surface area contributed by atoms with Crippen LogP contribution in [-0.4, -0.2) is 10.8 Å². The van der Waals surface area contributed by atoms with Crippen molar-refractivity contribution in [2.24, 2.45) is 0 Å². The van der Waals surface area contributed by atoms with Crippen molar-refractivity contribution in [1.82, 2.24) is 4.98 Å². The SMILES string of the molecule is Cc1cccc(CC(=O)c2cccs2)n1. The summed E-state index contributed by atoms with van der Waals surface area (Å²) in [4.78, 5) is 16.9. The smallest absolute Gasteiger partial charge is 0.178 e. The van der Waals surface area contributed by atoms with Crippen LogP contribution < -0.4 is 0 Å². The molecule has 0 saturated heterocycles. The van der Waals surface area contributed by atoms with E-state index in [2.05, 4.69) is 4.98 Å². The van der Waals surface area contributed by atoms with Crippen LogP contribution in [0.3, 0.4) is 0 Å². The number of ketones is 1. The third-order valence-electron chi connectivity index (χ3n) is 2.08. The van der Waals surface area contributed by atoms with Crippen molar-refractivity contribution in [1.29, 1.82) is 0 Å². The molecule has 2 nitrogen and oxygen atoms in total. The summed E-state index contributed by atoms with van der Waals surface area (Å²) in [7, 11) is 0. The molecule has 0 aliphatic heterocycles. The fraction of sp³-hybridized carbons (Fsp3) is 0.167. The summed E-state index contributed by atoms with van der Waals surface area (Å²) in [6.45, 7) is 1.93. The zero-order chi connectivity index (χ0) is 10.7. The molecule has 0 N–H and O–H groups in total. The Morgan fingerprint density at radius 1 is 1.33 bits per heavy atom. The van der Waals surface area contributed by atoms with Gasteiger partial charge in [0.25, 0.3) is 0 Å². The number of thiophene rings is 1. The average molecular weight is 217 g/mol. The Balaban J connectivity index is 2.13. The Bertz CT molecular complexity index is 462. The Morgan fingerprint density at radius 3 is 2.87 bits per heavy atom. The molecule has 0 saturated carbocycles. The van der Waals surface area contributed by atoms with Crippen LogP contribution in [0.25, 0.3) is 0 Å². The Labute approximate surface area is 92.6 Å². The van der Waals surface area contributed by atoms with Gasteiger partial charge in [-0.3, -0.25) is 9.78 Å². The third kappa shape index (κ3) is 2.50. The van der Waals surface area contributed by atoms with Gasteiger partial charge in [-0.05, 0) is 30.5 Å². The topological polar surface area (TPSA) is 30.0 Å². The van der Waals surface area contributed by atoms with Gasteiger partial charge < -0.3 is 0 Å². The Kier molecular flexibility index (Phi) is 2.92. The minimum Gasteiger partial charge on any atom is -0.293 e. The van der Waals surface area contributed by atoms with Crippen molar-refractivity contribution >= 4 is 17.1 Å². The van der Waals surface area contributed by atoms with Gasteiger partial charge in [-0.1, -0.05) is 12.1 Å². The zero-order valence-electron chi connectivity index (χ0n) is 8.43. The molecule has 0 aliphatic carbocycles. The van der Waals surface area contributed by atoms with Crippen molar-refractivity contribution in [2.75, 3.05) is 0 Å². The van der Waals surface area contributed by atoms with Gasteiger partial charge in [-0.25, -0.2) is 0 Å². The number of Topliss-reactive ketones (excluding diaryl/α,β-unsaturated/α-hetero) is 1. The molecule has 2 aromatic heterocycles. The van der Waals surface area contributed by atoms with E-state index in [1.165, 1.54) is 11.3 Å². The predicted molar refractivity (Wildman–Crippen MR) is 61.3 cm³/mol. The van der Waals surface area contributed by atoms with E-state index in [0.29, 0.717) is 6.42 Å². The molecule has 2 rings (SSSR count). The molecule has 0 aliphatic rings. The quantitative estimate of drug-likeness (QED) is 0.740. The van der Waals surface area contributed by atoms with Crippen molar-refractivity contribution < 1.29 is 4.79 Å². The summed E-state index contributed by atoms with van der Waals surface area (Å²) in [5.41, 5.74) is 1.79. The highest BCUT2D eigenvalue weighted by Crippen LogP contribution is 2.12. The van der Waals surface area contributed by atoms with Crippen LogP contribution in [0.2, 0.25) is 0 Å². The lowest BCUT2D eigenvalue weighted by atomic mass is 10.1. The molecule has 0 aromatic carbocycles. The molecule has 0 fully saturated rings. The molecular weight excluding hydrogens is 206 g/mol. The van der Waals surface area contributed by atoms with Gasteiger partial charge in [-0.2, -0.15) is 0 Å². The molecule has 15 heavy (non-hydrogen) atoms. The first-order chi connectivity index (χ1) is 7.25. The monoisotopic (exact) mass is 217 g/mol. The molecule has 0 radical (unpaired) electrons. The molecule has 2 heterocycles. The fourth-order valence-corrected chi connectivity index (χ4v) is 2.05. The maximum atomic E-state index is 11.8. The summed E-state index contributed by atoms with van der Waals surface area (Å²) in [5.74, 6) is 0.142. The lowest BCUT2D eigenvalue weighted by Crippen LogP contribution is -2.03. The number of rotatable bonds is 3. The summed E-state index contributed by atoms with van der Waals surface area (Å²) in [6, 6.07) is 9.49. The minimum absolute atomic E-state index is 0.142. The summed E-state index contributed by atoms with van der Waals surface area (Å²) >= 11 is 1.48. The van der Waals surface area contributed by atoms with Crippen LogP contribution in [0.5, 0.6) is 0 Å². The molecule has 3 heteroatoms. The summed E-state index contributed by atoms with van der Waals surface area (Å²) in [6.07, 6.45) is 0.391. The fourth-order valence-electron chi connectivity index (χ4n) is 1.39. The number of carbonyl (C=O) groups excluding carboxylic acids is 1. The van der Waals surface area contributed by atoms with Crippen LogP contribution in [-0.2, 0) is 6.42 Å². The van der Waals surface area contributed by atoms with Gasteiger partial charge in [0.1, 0.15) is 0 Å². The number of pyridine rings is 1. The predicted octanol–water partition coefficient (Wildman–Crippen LogP) is 2.88. The lowest BCUT2D eigenvalue weighted by molar-refractivity contribution is 0.0996. The van der Waals surface area contributed by atoms with E-state index < -0.39 is 0 Å². The second kappa shape index (κ2) is 4.36. The maximum Gasteiger partial charge on any atom is 0.178 e. The largest absolute Gasteiger partial charge is 0.293 e. The average Bonchev–Trinajstić information content (AvgIpc) is 2.70. The van der Waals surface area contributed by atoms with Crippen LogP contribution in [0.1, 0.15) is 21.1 Å². The number of aryl methyl sites for hydroxylation is 1. The van der Waals surface area contributed by atoms with Gasteiger partial charge in [0.15, 0.2) is 5.78 Å². The second-order valence-electron chi connectivity index (χ2n) is 3.35. The highest BCUT2D eigenvalue weighted by atomic mass is 32.1. The maximum absolute atomic E-state index is 11.8. The number of carbonyl (C=O) groups is 1. The number of hydrogen-bond acceptors (Lipinski definition) is 3. The molecule has 0 atom stereocenters. The highest BCUT2D eigenvalue weighted by molar-refractivity contribution is 7.12. The second-order valence-corrected chi connectivity index (χ2v) is 4.30. The van der Waals surface area contributed by atoms with E-state index in [-0.39, 0.29) is 5.78 Å². The summed E-state index contributed by atoms with van der Waals surface area (Å²) < 4.78 is 0. The normalized spacial score (nSPS) is 10.2. The van der Waals surface area contributed by atoms with Gasteiger partial charge in [0.05, 0.1) is 11.3 Å². The standard InChI is InChI=1S/C12H11NOS/c1-9-4-2-5-10(13-9)8-11(14)12-6-3-7-15-12/h2-7H,8H2,1H3. The first-order valence-electron chi connectivity index (χ1n) is 4.75. The van der Waals surface area contributed by atoms with Crippen LogP contribution >= 0.6 is 11.3 Å². The first kappa shape index (κ1) is 10.1. The van der Waals surface area contributed by atoms with Gasteiger partial charge in [0.2, 0.25) is 0 Å². The highest BCUT2D eigenvalue weighted by Gasteiger charge is 2.08. The van der Waals surface area contributed by atoms with Crippen LogP contribution in [0.15, 0.2) is 35.7 Å². The van der Waals surface area contributed by atoms with E-state index in [0.717, 1.165) is 16.3 Å². The number of hydrogen-bond donors (Lipinski definition) is 0. The van der Waals surface area contributed by atoms with E-state index >= 15 is 0 Å². The third-order valence-corrected chi connectivity index (χ3v) is 2.99. The van der Waals surface area contributed by atoms with Crippen molar-refractivity contribution in [3.63, 3.8) is 0 Å². The first-order valence-corrected chi connectivity index (χ1v) is 5.63. The van der Waals surface area contributed by atoms with Crippen molar-refractivity contribution in [3.05, 3.63) is 52.0 Å². The molecule has 0 spiro atoms. The van der Waals surface area contributed by atoms with E-state index in [1.807, 2.05) is 42.6 Å². The Hall–Kier alpha value is -1.48. The molecule has 76 valence electrons. The molecule has 0 bridgehead atoms. The molecule has 0 unspecified atom stereocenters. The molecule has 2 aromatic rings. The number of nitrogens with zero attached hydrogens (tertiary/aromatic N) is 1. The van der Waals surface area contributed by atoms with E-state index in [1.54, 1.807) is 0 Å². The number of aromatic nitrogens is 1. The zero-order valence-corrected chi connectivity index (χ0v) is 9.25. The van der Waals surface area contributed by atoms with Crippen molar-refractivity contribution in [3.8, 4) is 0 Å². The van der Waals surface area contributed by atoms with Gasteiger partial charge >= 0.3 is 0 Å². The van der Waals surface area contributed by atoms with Crippen LogP contribution in [0, 0.1) is 6.92 Å². The summed E-state index contributed by atoms with van der Waals surface area (Å²) in [5, 5.41) is 1.91.